The molecule has 0 radical (unpaired) electrons. The lowest BCUT2D eigenvalue weighted by Gasteiger charge is -2.20. The van der Waals surface area contributed by atoms with Crippen LogP contribution in [-0.2, 0) is 39.1 Å². The van der Waals surface area contributed by atoms with E-state index in [2.05, 4.69) is 32.1 Å². The molecule has 15 heteroatoms. The van der Waals surface area contributed by atoms with Crippen molar-refractivity contribution in [1.82, 2.24) is 24.9 Å². The molecule has 2 fully saturated rings. The summed E-state index contributed by atoms with van der Waals surface area (Å²) >= 11 is 14.0. The lowest BCUT2D eigenvalue weighted by Crippen LogP contribution is -2.37. The molecule has 1 amide bonds. The molecule has 2 N–H and O–H groups in total. The Balaban J connectivity index is 1.05. The lowest BCUT2D eigenvalue weighted by atomic mass is 9.94. The van der Waals surface area contributed by atoms with Crippen LogP contribution in [0.1, 0.15) is 67.4 Å². The summed E-state index contributed by atoms with van der Waals surface area (Å²) in [6, 6.07) is 17.8. The van der Waals surface area contributed by atoms with Gasteiger partial charge in [0.25, 0.3) is 0 Å². The van der Waals surface area contributed by atoms with Gasteiger partial charge in [0.05, 0.1) is 36.6 Å². The maximum absolute atomic E-state index is 12.6. The highest BCUT2D eigenvalue weighted by Crippen LogP contribution is 2.45. The van der Waals surface area contributed by atoms with E-state index in [-0.39, 0.29) is 17.7 Å². The summed E-state index contributed by atoms with van der Waals surface area (Å²) in [5.74, 6) is 0.798. The van der Waals surface area contributed by atoms with Gasteiger partial charge in [0.1, 0.15) is 16.9 Å². The van der Waals surface area contributed by atoms with E-state index in [1.54, 1.807) is 13.2 Å². The summed E-state index contributed by atoms with van der Waals surface area (Å²) in [5, 5.41) is 4.39. The number of aromatic nitrogens is 2. The quantitative estimate of drug-likeness (QED) is 0.128. The molecule has 3 aliphatic rings. The molecule has 3 atom stereocenters. The summed E-state index contributed by atoms with van der Waals surface area (Å²) in [4.78, 5) is 35.8. The Labute approximate surface area is 343 Å². The zero-order valence-electron chi connectivity index (χ0n) is 32.3. The number of ketones is 1. The third-order valence-corrected chi connectivity index (χ3v) is 13.1. The first-order valence-electron chi connectivity index (χ1n) is 19.3. The van der Waals surface area contributed by atoms with Crippen LogP contribution in [0.2, 0.25) is 10.0 Å². The van der Waals surface area contributed by atoms with Gasteiger partial charge < -0.3 is 19.5 Å². The van der Waals surface area contributed by atoms with Crippen LogP contribution in [0.3, 0.4) is 0 Å². The van der Waals surface area contributed by atoms with Crippen LogP contribution >= 0.6 is 23.2 Å². The van der Waals surface area contributed by atoms with Crippen LogP contribution < -0.4 is 24.2 Å². The highest BCUT2D eigenvalue weighted by Gasteiger charge is 2.32. The van der Waals surface area contributed by atoms with Gasteiger partial charge in [-0.2, -0.15) is 4.98 Å². The van der Waals surface area contributed by atoms with E-state index in [0.29, 0.717) is 91.1 Å². The van der Waals surface area contributed by atoms with E-state index in [1.165, 1.54) is 14.0 Å². The molecule has 1 saturated heterocycles. The van der Waals surface area contributed by atoms with E-state index in [4.69, 9.17) is 42.4 Å². The third-order valence-electron chi connectivity index (χ3n) is 11.1. The molecule has 7 rings (SSSR count). The predicted molar refractivity (Wildman–Crippen MR) is 219 cm³/mol. The summed E-state index contributed by atoms with van der Waals surface area (Å²) in [5.41, 5.74) is 7.23. The molecule has 2 aliphatic carbocycles. The smallest absolute Gasteiger partial charge is 0.237 e. The highest BCUT2D eigenvalue weighted by molar-refractivity contribution is 7.90. The topological polar surface area (TPSA) is 149 Å². The van der Waals surface area contributed by atoms with Crippen molar-refractivity contribution in [3.8, 4) is 40.0 Å². The second kappa shape index (κ2) is 17.7. The fourth-order valence-electron chi connectivity index (χ4n) is 8.08. The number of fused-ring (bicyclic) bond motifs is 1. The Hall–Kier alpha value is -4.27. The molecule has 1 aliphatic heterocycles. The average Bonchev–Trinajstić information content (AvgIpc) is 3.96. The zero-order valence-corrected chi connectivity index (χ0v) is 34.6. The van der Waals surface area contributed by atoms with E-state index in [0.717, 1.165) is 58.3 Å². The van der Waals surface area contributed by atoms with Crippen molar-refractivity contribution in [2.24, 2.45) is 11.8 Å². The van der Waals surface area contributed by atoms with Gasteiger partial charge in [-0.3, -0.25) is 19.2 Å². The van der Waals surface area contributed by atoms with Gasteiger partial charge in [-0.25, -0.2) is 13.4 Å². The number of Topliss-reactive ketones (excluding diaryl/α,β-unsaturated/α-hetero) is 1. The van der Waals surface area contributed by atoms with Crippen LogP contribution in [0.15, 0.2) is 54.6 Å². The monoisotopic (exact) mass is 835 g/mol. The number of halogens is 2. The third kappa shape index (κ3) is 9.23. The Bertz CT molecular complexity index is 2270. The van der Waals surface area contributed by atoms with Crippen LogP contribution in [0.4, 0.5) is 0 Å². The number of pyridine rings is 2. The van der Waals surface area contributed by atoms with Crippen molar-refractivity contribution in [3.63, 3.8) is 0 Å². The van der Waals surface area contributed by atoms with Gasteiger partial charge >= 0.3 is 0 Å². The Morgan fingerprint density at radius 1 is 0.912 bits per heavy atom. The van der Waals surface area contributed by atoms with Gasteiger partial charge in [0.2, 0.25) is 33.6 Å². The van der Waals surface area contributed by atoms with E-state index < -0.39 is 21.8 Å². The van der Waals surface area contributed by atoms with Crippen molar-refractivity contribution in [1.29, 1.82) is 0 Å². The summed E-state index contributed by atoms with van der Waals surface area (Å²) in [6.07, 6.45) is 3.96. The molecule has 302 valence electrons. The van der Waals surface area contributed by atoms with Gasteiger partial charge in [-0.1, -0.05) is 65.7 Å². The molecule has 4 aromatic rings. The number of hydrogen-bond donors (Lipinski definition) is 2. The normalized spacial score (nSPS) is 19.5. The molecule has 57 heavy (non-hydrogen) atoms. The highest BCUT2D eigenvalue weighted by atomic mass is 35.5. The van der Waals surface area contributed by atoms with Crippen LogP contribution in [0.5, 0.6) is 17.6 Å². The van der Waals surface area contributed by atoms with E-state index in [1.807, 2.05) is 36.4 Å². The molecule has 2 aromatic carbocycles. The number of nitrogens with one attached hydrogen (secondary N) is 2. The first kappa shape index (κ1) is 40.9. The number of methoxy groups -OCH3 is 2. The number of nitrogens with zero attached hydrogens (tertiary/aromatic N) is 3. The minimum Gasteiger partial charge on any atom is -0.481 e. The maximum atomic E-state index is 12.6. The molecule has 12 nitrogen and oxygen atoms in total. The number of sulfonamides is 1. The number of hydrogen-bond acceptors (Lipinski definition) is 11. The van der Waals surface area contributed by atoms with Gasteiger partial charge in [0.15, 0.2) is 0 Å². The SMILES string of the molecule is CCS(=O)(=O)NC(=O)[C@@H]1CCN(Cc2cc(Cl)c(O[C@H]3CCc4c(-c5cccc(-c6ccc(CNC[C@@H]7CCC(=O)C7)c(OC)n6)c5Cl)cccc43)nc2OC)C1. The number of amides is 1. The van der Waals surface area contributed by atoms with E-state index in [9.17, 15) is 18.0 Å². The molecule has 1 saturated carbocycles. The number of rotatable bonds is 15. The zero-order chi connectivity index (χ0) is 40.3. The van der Waals surface area contributed by atoms with Crippen LogP contribution in [-0.4, -0.2) is 74.6 Å². The molecule has 2 aromatic heterocycles. The Kier molecular flexibility index (Phi) is 12.7. The number of benzene rings is 2. The first-order valence-corrected chi connectivity index (χ1v) is 21.7. The molecule has 3 heterocycles. The minimum atomic E-state index is -3.62. The molecule has 0 spiro atoms. The fraction of sp³-hybridized carbons (Fsp3) is 0.429. The summed E-state index contributed by atoms with van der Waals surface area (Å²) in [6.45, 7) is 4.29. The number of ether oxygens (including phenoxy) is 3. The lowest BCUT2D eigenvalue weighted by molar-refractivity contribution is -0.122. The first-order chi connectivity index (χ1) is 27.5. The number of likely N-dealkylation sites (tertiary alicyclic amines) is 1. The molecular formula is C42H47Cl2N5O7S. The molecule has 0 unspecified atom stereocenters. The van der Waals surface area contributed by atoms with Crippen LogP contribution in [0.25, 0.3) is 22.4 Å². The molecule has 0 bridgehead atoms. The Morgan fingerprint density at radius 3 is 2.42 bits per heavy atom. The van der Waals surface area contributed by atoms with Gasteiger partial charge in [-0.05, 0) is 80.4 Å². The van der Waals surface area contributed by atoms with Gasteiger partial charge in [0, 0.05) is 54.7 Å². The van der Waals surface area contributed by atoms with Crippen molar-refractivity contribution >= 4 is 44.9 Å². The Morgan fingerprint density at radius 2 is 1.67 bits per heavy atom. The summed E-state index contributed by atoms with van der Waals surface area (Å²) in [7, 11) is -0.472. The van der Waals surface area contributed by atoms with Crippen LogP contribution in [0, 0.1) is 11.8 Å². The van der Waals surface area contributed by atoms with Gasteiger partial charge in [-0.15, -0.1) is 0 Å². The van der Waals surface area contributed by atoms with E-state index >= 15 is 0 Å². The second-order valence-corrected chi connectivity index (χ2v) is 17.7. The summed E-state index contributed by atoms with van der Waals surface area (Å²) < 4.78 is 43.8. The number of carbonyl (C=O) groups excluding carboxylic acids is 2. The fourth-order valence-corrected chi connectivity index (χ4v) is 9.24. The standard InChI is InChI=1S/C42H47Cl2N5O7S/c1-4-57(52,53)48-39(51)27-17-18-49(23-27)24-28-20-35(43)42(47-41(28)55-3)56-37-16-14-31-30(7-5-8-32(31)37)33-9-6-10-34(38(33)44)36-15-12-26(40(46-36)54-2)22-45-21-25-11-13-29(50)19-25/h5-10,12,15,20,25,27,37,45H,4,11,13-14,16-19,21-24H2,1-3H3,(H,48,51)/t25-,27-,37+/m1/s1. The van der Waals surface area contributed by atoms with Crippen molar-refractivity contribution in [3.05, 3.63) is 86.9 Å². The van der Waals surface area contributed by atoms with Crippen molar-refractivity contribution < 1.29 is 32.2 Å². The molecular weight excluding hydrogens is 789 g/mol. The largest absolute Gasteiger partial charge is 0.481 e. The minimum absolute atomic E-state index is 0.156. The number of carbonyl (C=O) groups is 2. The second-order valence-electron chi connectivity index (χ2n) is 14.9. The average molecular weight is 837 g/mol. The van der Waals surface area contributed by atoms with Crippen molar-refractivity contribution in [2.45, 2.75) is 64.6 Å². The van der Waals surface area contributed by atoms with Crippen molar-refractivity contribution in [2.75, 3.05) is 39.6 Å². The predicted octanol–water partition coefficient (Wildman–Crippen LogP) is 6.95. The maximum Gasteiger partial charge on any atom is 0.237 e.